The zero-order valence-electron chi connectivity index (χ0n) is 12.5. The first kappa shape index (κ1) is 15.0. The van der Waals surface area contributed by atoms with Crippen LogP contribution >= 0.6 is 0 Å². The van der Waals surface area contributed by atoms with Gasteiger partial charge >= 0.3 is 0 Å². The summed E-state index contributed by atoms with van der Waals surface area (Å²) in [7, 11) is 1.82. The summed E-state index contributed by atoms with van der Waals surface area (Å²) in [4.78, 5) is 15.7. The normalized spacial score (nSPS) is 10.7. The highest BCUT2D eigenvalue weighted by Gasteiger charge is 2.05. The molecule has 0 aliphatic rings. The van der Waals surface area contributed by atoms with E-state index in [0.29, 0.717) is 24.0 Å². The van der Waals surface area contributed by atoms with E-state index in [-0.39, 0.29) is 12.5 Å². The summed E-state index contributed by atoms with van der Waals surface area (Å²) in [5, 5.41) is 7.03. The molecule has 1 aromatic heterocycles. The number of nitrogens with one attached hydrogen (secondary N) is 1. The highest BCUT2D eigenvalue weighted by Crippen LogP contribution is 2.18. The van der Waals surface area contributed by atoms with Gasteiger partial charge in [-0.1, -0.05) is 13.8 Å². The van der Waals surface area contributed by atoms with Crippen LogP contribution in [-0.2, 0) is 11.8 Å². The molecule has 0 atom stereocenters. The van der Waals surface area contributed by atoms with Gasteiger partial charge in [-0.2, -0.15) is 5.10 Å². The first-order valence-corrected chi connectivity index (χ1v) is 6.90. The van der Waals surface area contributed by atoms with Crippen LogP contribution < -0.4 is 10.1 Å². The van der Waals surface area contributed by atoms with Crippen molar-refractivity contribution in [2.75, 3.05) is 13.2 Å². The first-order chi connectivity index (χ1) is 10.0. The second-order valence-electron chi connectivity index (χ2n) is 5.25. The number of aryl methyl sites for hydroxylation is 1. The van der Waals surface area contributed by atoms with Crippen molar-refractivity contribution in [3.05, 3.63) is 30.6 Å². The largest absolute Gasteiger partial charge is 0.484 e. The third-order valence-corrected chi connectivity index (χ3v) is 2.79. The molecule has 0 unspecified atom stereocenters. The summed E-state index contributed by atoms with van der Waals surface area (Å²) in [5.74, 6) is 1.63. The summed E-state index contributed by atoms with van der Waals surface area (Å²) in [6.45, 7) is 4.78. The van der Waals surface area contributed by atoms with Crippen molar-refractivity contribution in [2.45, 2.75) is 13.8 Å². The maximum absolute atomic E-state index is 11.6. The van der Waals surface area contributed by atoms with Gasteiger partial charge in [-0.25, -0.2) is 4.98 Å². The van der Waals surface area contributed by atoms with Crippen LogP contribution in [0.15, 0.2) is 30.6 Å². The summed E-state index contributed by atoms with van der Waals surface area (Å²) >= 11 is 0. The van der Waals surface area contributed by atoms with Gasteiger partial charge in [-0.05, 0) is 30.2 Å². The molecule has 2 aromatic rings. The predicted molar refractivity (Wildman–Crippen MR) is 79.8 cm³/mol. The van der Waals surface area contributed by atoms with E-state index >= 15 is 0 Å². The van der Waals surface area contributed by atoms with Crippen molar-refractivity contribution in [1.29, 1.82) is 0 Å². The second-order valence-corrected chi connectivity index (χ2v) is 5.25. The molecule has 0 spiro atoms. The Bertz CT molecular complexity index is 590. The Morgan fingerprint density at radius 1 is 1.33 bits per heavy atom. The minimum atomic E-state index is -0.112. The van der Waals surface area contributed by atoms with E-state index in [1.54, 1.807) is 23.1 Å². The zero-order chi connectivity index (χ0) is 15.2. The third kappa shape index (κ3) is 4.59. The number of carbonyl (C=O) groups excluding carboxylic acids is 1. The average Bonchev–Trinajstić information content (AvgIpc) is 2.90. The first-order valence-electron chi connectivity index (χ1n) is 6.90. The topological polar surface area (TPSA) is 69.0 Å². The van der Waals surface area contributed by atoms with Crippen molar-refractivity contribution in [3.63, 3.8) is 0 Å². The number of nitrogens with zero attached hydrogens (tertiary/aromatic N) is 3. The number of carbonyl (C=O) groups is 1. The van der Waals surface area contributed by atoms with Crippen LogP contribution in [0.3, 0.4) is 0 Å². The maximum Gasteiger partial charge on any atom is 0.257 e. The molecule has 6 heteroatoms. The number of hydrogen-bond acceptors (Lipinski definition) is 4. The Balaban J connectivity index is 1.86. The van der Waals surface area contributed by atoms with Crippen LogP contribution in [0.25, 0.3) is 11.4 Å². The molecule has 1 aromatic carbocycles. The molecule has 0 aliphatic carbocycles. The fourth-order valence-electron chi connectivity index (χ4n) is 1.69. The van der Waals surface area contributed by atoms with Crippen molar-refractivity contribution in [1.82, 2.24) is 20.1 Å². The Hall–Kier alpha value is -2.37. The highest BCUT2D eigenvalue weighted by atomic mass is 16.5. The molecular weight excluding hydrogens is 268 g/mol. The van der Waals surface area contributed by atoms with E-state index in [0.717, 1.165) is 5.56 Å². The molecule has 2 rings (SSSR count). The Labute approximate surface area is 124 Å². The molecule has 1 N–H and O–H groups in total. The van der Waals surface area contributed by atoms with Gasteiger partial charge in [0.05, 0.1) is 0 Å². The quantitative estimate of drug-likeness (QED) is 0.877. The van der Waals surface area contributed by atoms with Crippen LogP contribution in [0, 0.1) is 5.92 Å². The van der Waals surface area contributed by atoms with Crippen LogP contribution in [0.1, 0.15) is 13.8 Å². The van der Waals surface area contributed by atoms with Crippen LogP contribution in [0.2, 0.25) is 0 Å². The summed E-state index contributed by atoms with van der Waals surface area (Å²) < 4.78 is 7.09. The average molecular weight is 288 g/mol. The molecule has 0 saturated carbocycles. The van der Waals surface area contributed by atoms with E-state index in [1.807, 2.05) is 33.0 Å². The van der Waals surface area contributed by atoms with Gasteiger partial charge in [-0.3, -0.25) is 9.48 Å². The summed E-state index contributed by atoms with van der Waals surface area (Å²) in [5.41, 5.74) is 0.909. The van der Waals surface area contributed by atoms with E-state index < -0.39 is 0 Å². The number of benzene rings is 1. The monoisotopic (exact) mass is 288 g/mol. The number of hydrogen-bond donors (Lipinski definition) is 1. The Kier molecular flexibility index (Phi) is 4.92. The van der Waals surface area contributed by atoms with Gasteiger partial charge in [0, 0.05) is 19.2 Å². The maximum atomic E-state index is 11.6. The lowest BCUT2D eigenvalue weighted by molar-refractivity contribution is -0.123. The predicted octanol–water partition coefficient (Wildman–Crippen LogP) is 1.63. The summed E-state index contributed by atoms with van der Waals surface area (Å²) in [6.07, 6.45) is 1.65. The van der Waals surface area contributed by atoms with Crippen LogP contribution in [0.5, 0.6) is 5.75 Å². The van der Waals surface area contributed by atoms with Crippen molar-refractivity contribution in [2.24, 2.45) is 13.0 Å². The molecule has 112 valence electrons. The highest BCUT2D eigenvalue weighted by molar-refractivity contribution is 5.77. The number of aromatic nitrogens is 3. The van der Waals surface area contributed by atoms with Crippen molar-refractivity contribution in [3.8, 4) is 17.1 Å². The molecule has 0 radical (unpaired) electrons. The fraction of sp³-hybridized carbons (Fsp3) is 0.400. The van der Waals surface area contributed by atoms with Gasteiger partial charge in [0.2, 0.25) is 0 Å². The lowest BCUT2D eigenvalue weighted by Gasteiger charge is -2.09. The minimum absolute atomic E-state index is 0.0217. The molecule has 0 saturated heterocycles. The second kappa shape index (κ2) is 6.88. The van der Waals surface area contributed by atoms with Crippen molar-refractivity contribution < 1.29 is 9.53 Å². The number of rotatable bonds is 6. The fourth-order valence-corrected chi connectivity index (χ4v) is 1.69. The molecular formula is C15H20N4O2. The smallest absolute Gasteiger partial charge is 0.257 e. The van der Waals surface area contributed by atoms with Gasteiger partial charge in [0.1, 0.15) is 12.1 Å². The lowest BCUT2D eigenvalue weighted by atomic mass is 10.2. The molecule has 0 aliphatic heterocycles. The van der Waals surface area contributed by atoms with E-state index in [2.05, 4.69) is 15.4 Å². The molecule has 1 amide bonds. The molecule has 21 heavy (non-hydrogen) atoms. The van der Waals surface area contributed by atoms with Gasteiger partial charge < -0.3 is 10.1 Å². The van der Waals surface area contributed by atoms with E-state index in [9.17, 15) is 4.79 Å². The molecule has 0 bridgehead atoms. The zero-order valence-corrected chi connectivity index (χ0v) is 12.5. The van der Waals surface area contributed by atoms with Crippen LogP contribution in [-0.4, -0.2) is 33.8 Å². The summed E-state index contributed by atoms with van der Waals surface area (Å²) in [6, 6.07) is 7.36. The number of amides is 1. The van der Waals surface area contributed by atoms with Gasteiger partial charge in [-0.15, -0.1) is 0 Å². The lowest BCUT2D eigenvalue weighted by Crippen LogP contribution is -2.31. The van der Waals surface area contributed by atoms with Crippen LogP contribution in [0.4, 0.5) is 0 Å². The third-order valence-electron chi connectivity index (χ3n) is 2.79. The standard InChI is InChI=1S/C15H20N4O2/c1-11(2)8-16-14(20)9-21-13-6-4-12(5-7-13)15-17-10-19(3)18-15/h4-7,10-11H,8-9H2,1-3H3,(H,16,20). The van der Waals surface area contributed by atoms with E-state index in [4.69, 9.17) is 4.74 Å². The molecule has 6 nitrogen and oxygen atoms in total. The minimum Gasteiger partial charge on any atom is -0.484 e. The Morgan fingerprint density at radius 2 is 2.05 bits per heavy atom. The Morgan fingerprint density at radius 3 is 2.62 bits per heavy atom. The molecule has 0 fully saturated rings. The van der Waals surface area contributed by atoms with Gasteiger partial charge in [0.15, 0.2) is 12.4 Å². The van der Waals surface area contributed by atoms with E-state index in [1.165, 1.54) is 0 Å². The SMILES string of the molecule is CC(C)CNC(=O)COc1ccc(-c2ncn(C)n2)cc1. The van der Waals surface area contributed by atoms with Crippen molar-refractivity contribution >= 4 is 5.91 Å². The number of ether oxygens (including phenoxy) is 1. The van der Waals surface area contributed by atoms with Gasteiger partial charge in [0.25, 0.3) is 5.91 Å². The molecule has 1 heterocycles.